The van der Waals surface area contributed by atoms with Gasteiger partial charge in [-0.25, -0.2) is 4.39 Å². The van der Waals surface area contributed by atoms with Gasteiger partial charge < -0.3 is 5.32 Å². The topological polar surface area (TPSA) is 12.0 Å². The molecule has 0 aromatic heterocycles. The van der Waals surface area contributed by atoms with E-state index in [1.165, 1.54) is 32.1 Å². The summed E-state index contributed by atoms with van der Waals surface area (Å²) in [6, 6.07) is 5.70. The Labute approximate surface area is 122 Å². The van der Waals surface area contributed by atoms with Crippen LogP contribution in [0, 0.1) is 29.5 Å². The highest BCUT2D eigenvalue weighted by molar-refractivity contribution is 9.10. The van der Waals surface area contributed by atoms with E-state index < -0.39 is 0 Å². The van der Waals surface area contributed by atoms with Crippen LogP contribution in [0.25, 0.3) is 0 Å². The van der Waals surface area contributed by atoms with Crippen molar-refractivity contribution in [3.63, 3.8) is 0 Å². The lowest BCUT2D eigenvalue weighted by Crippen LogP contribution is -2.51. The molecule has 4 aliphatic rings. The SMILES string of the molecule is Fc1cccc(Br)c1NC1C2CC3CC(C2)CC1C3. The standard InChI is InChI=1S/C16H19BrFN/c17-13-2-1-3-14(18)16(13)19-15-11-5-9-4-10(7-11)8-12(15)6-9/h1-3,9-12,15,19H,4-8H2. The molecule has 1 N–H and O–H groups in total. The average Bonchev–Trinajstić information content (AvgIpc) is 2.36. The van der Waals surface area contributed by atoms with E-state index >= 15 is 0 Å². The summed E-state index contributed by atoms with van der Waals surface area (Å²) in [6.07, 6.45) is 6.89. The van der Waals surface area contributed by atoms with Gasteiger partial charge in [0.05, 0.1) is 5.69 Å². The van der Waals surface area contributed by atoms with Crippen molar-refractivity contribution >= 4 is 21.6 Å². The molecule has 19 heavy (non-hydrogen) atoms. The fourth-order valence-electron chi connectivity index (χ4n) is 4.96. The van der Waals surface area contributed by atoms with Gasteiger partial charge in [-0.05, 0) is 83.8 Å². The number of nitrogens with one attached hydrogen (secondary N) is 1. The molecule has 1 nitrogen and oxygen atoms in total. The van der Waals surface area contributed by atoms with Gasteiger partial charge in [0.2, 0.25) is 0 Å². The van der Waals surface area contributed by atoms with Crippen molar-refractivity contribution in [1.82, 2.24) is 0 Å². The number of anilines is 1. The van der Waals surface area contributed by atoms with Crippen LogP contribution in [-0.2, 0) is 0 Å². The zero-order chi connectivity index (χ0) is 13.0. The van der Waals surface area contributed by atoms with E-state index in [-0.39, 0.29) is 5.82 Å². The lowest BCUT2D eigenvalue weighted by Gasteiger charge is -2.54. The molecule has 0 atom stereocenters. The molecule has 0 radical (unpaired) electrons. The summed E-state index contributed by atoms with van der Waals surface area (Å²) in [4.78, 5) is 0. The van der Waals surface area contributed by atoms with Crippen LogP contribution in [0.2, 0.25) is 0 Å². The highest BCUT2D eigenvalue weighted by Gasteiger charge is 2.48. The Kier molecular flexibility index (Phi) is 2.87. The number of benzene rings is 1. The quantitative estimate of drug-likeness (QED) is 0.822. The molecule has 1 aromatic rings. The van der Waals surface area contributed by atoms with Gasteiger partial charge in [-0.15, -0.1) is 0 Å². The fraction of sp³-hybridized carbons (Fsp3) is 0.625. The zero-order valence-electron chi connectivity index (χ0n) is 10.9. The van der Waals surface area contributed by atoms with Crippen LogP contribution in [0.5, 0.6) is 0 Å². The number of rotatable bonds is 2. The molecular formula is C16H19BrFN. The monoisotopic (exact) mass is 323 g/mol. The van der Waals surface area contributed by atoms with E-state index in [9.17, 15) is 4.39 Å². The molecular weight excluding hydrogens is 305 g/mol. The maximum absolute atomic E-state index is 14.0. The minimum atomic E-state index is -0.136. The largest absolute Gasteiger partial charge is 0.378 e. The summed E-state index contributed by atoms with van der Waals surface area (Å²) >= 11 is 3.47. The molecule has 5 rings (SSSR count). The molecule has 4 saturated carbocycles. The van der Waals surface area contributed by atoms with Gasteiger partial charge in [0.1, 0.15) is 5.82 Å². The molecule has 4 aliphatic carbocycles. The van der Waals surface area contributed by atoms with Gasteiger partial charge in [-0.1, -0.05) is 6.07 Å². The molecule has 102 valence electrons. The minimum absolute atomic E-state index is 0.136. The van der Waals surface area contributed by atoms with Crippen LogP contribution in [0.4, 0.5) is 10.1 Å². The normalized spacial score (nSPS) is 39.6. The Morgan fingerprint density at radius 2 is 1.63 bits per heavy atom. The molecule has 3 heteroatoms. The summed E-state index contributed by atoms with van der Waals surface area (Å²) in [5.74, 6) is 3.32. The Balaban J connectivity index is 1.60. The summed E-state index contributed by atoms with van der Waals surface area (Å²) in [5, 5.41) is 3.54. The van der Waals surface area contributed by atoms with Gasteiger partial charge in [-0.3, -0.25) is 0 Å². The van der Waals surface area contributed by atoms with Crippen LogP contribution >= 0.6 is 15.9 Å². The smallest absolute Gasteiger partial charge is 0.147 e. The molecule has 4 bridgehead atoms. The predicted molar refractivity (Wildman–Crippen MR) is 78.6 cm³/mol. The molecule has 0 spiro atoms. The first-order valence-electron chi connectivity index (χ1n) is 7.41. The number of halogens is 2. The molecule has 0 aliphatic heterocycles. The lowest BCUT2D eigenvalue weighted by atomic mass is 9.54. The second kappa shape index (κ2) is 4.47. The van der Waals surface area contributed by atoms with E-state index in [0.29, 0.717) is 11.7 Å². The van der Waals surface area contributed by atoms with Crippen LogP contribution in [0.15, 0.2) is 22.7 Å². The highest BCUT2D eigenvalue weighted by atomic mass is 79.9. The molecule has 1 aromatic carbocycles. The molecule has 4 fully saturated rings. The van der Waals surface area contributed by atoms with Gasteiger partial charge in [0.25, 0.3) is 0 Å². The molecule has 0 amide bonds. The van der Waals surface area contributed by atoms with Crippen molar-refractivity contribution in [1.29, 1.82) is 0 Å². The number of para-hydroxylation sites is 1. The lowest BCUT2D eigenvalue weighted by molar-refractivity contribution is 0.00742. The maximum Gasteiger partial charge on any atom is 0.147 e. The van der Waals surface area contributed by atoms with E-state index in [2.05, 4.69) is 21.2 Å². The number of hydrogen-bond acceptors (Lipinski definition) is 1. The van der Waals surface area contributed by atoms with Crippen molar-refractivity contribution in [2.45, 2.75) is 38.1 Å². The van der Waals surface area contributed by atoms with Crippen LogP contribution < -0.4 is 5.32 Å². The average molecular weight is 324 g/mol. The second-order valence-electron chi connectivity index (χ2n) is 6.70. The second-order valence-corrected chi connectivity index (χ2v) is 7.55. The molecule has 0 saturated heterocycles. The molecule has 0 unspecified atom stereocenters. The van der Waals surface area contributed by atoms with E-state index in [0.717, 1.165) is 28.1 Å². The third-order valence-corrected chi connectivity index (χ3v) is 6.16. The summed E-state index contributed by atoms with van der Waals surface area (Å²) in [6.45, 7) is 0. The third kappa shape index (κ3) is 2.01. The van der Waals surface area contributed by atoms with Crippen LogP contribution in [0.1, 0.15) is 32.1 Å². The van der Waals surface area contributed by atoms with Crippen molar-refractivity contribution in [2.24, 2.45) is 23.7 Å². The van der Waals surface area contributed by atoms with Gasteiger partial charge in [-0.2, -0.15) is 0 Å². The Morgan fingerprint density at radius 3 is 2.21 bits per heavy atom. The Hall–Kier alpha value is -0.570. The minimum Gasteiger partial charge on any atom is -0.378 e. The van der Waals surface area contributed by atoms with E-state index in [1.54, 1.807) is 12.1 Å². The van der Waals surface area contributed by atoms with Gasteiger partial charge in [0, 0.05) is 10.5 Å². The van der Waals surface area contributed by atoms with Crippen molar-refractivity contribution < 1.29 is 4.39 Å². The summed E-state index contributed by atoms with van der Waals surface area (Å²) < 4.78 is 14.8. The summed E-state index contributed by atoms with van der Waals surface area (Å²) in [5.41, 5.74) is 0.667. The first-order valence-corrected chi connectivity index (χ1v) is 8.20. The van der Waals surface area contributed by atoms with E-state index in [4.69, 9.17) is 0 Å². The Morgan fingerprint density at radius 1 is 1.00 bits per heavy atom. The van der Waals surface area contributed by atoms with Gasteiger partial charge >= 0.3 is 0 Å². The maximum atomic E-state index is 14.0. The van der Waals surface area contributed by atoms with Crippen LogP contribution in [0.3, 0.4) is 0 Å². The van der Waals surface area contributed by atoms with Gasteiger partial charge in [0.15, 0.2) is 0 Å². The highest BCUT2D eigenvalue weighted by Crippen LogP contribution is 2.54. The van der Waals surface area contributed by atoms with Crippen LogP contribution in [-0.4, -0.2) is 6.04 Å². The third-order valence-electron chi connectivity index (χ3n) is 5.50. The molecule has 0 heterocycles. The van der Waals surface area contributed by atoms with Crippen molar-refractivity contribution in [3.05, 3.63) is 28.5 Å². The van der Waals surface area contributed by atoms with Crippen molar-refractivity contribution in [3.8, 4) is 0 Å². The Bertz CT molecular complexity index is 453. The predicted octanol–water partition coefficient (Wildman–Crippen LogP) is 4.82. The van der Waals surface area contributed by atoms with Crippen molar-refractivity contribution in [2.75, 3.05) is 5.32 Å². The summed E-state index contributed by atoms with van der Waals surface area (Å²) in [7, 11) is 0. The zero-order valence-corrected chi connectivity index (χ0v) is 12.5. The fourth-order valence-corrected chi connectivity index (χ4v) is 5.42. The van der Waals surface area contributed by atoms with E-state index in [1.807, 2.05) is 6.07 Å². The number of hydrogen-bond donors (Lipinski definition) is 1. The first-order chi connectivity index (χ1) is 9.20. The first kappa shape index (κ1) is 12.2.